The van der Waals surface area contributed by atoms with E-state index in [2.05, 4.69) is 6.08 Å². The van der Waals surface area contributed by atoms with Crippen molar-refractivity contribution in [1.29, 1.82) is 0 Å². The van der Waals surface area contributed by atoms with Crippen LogP contribution in [0, 0.1) is 0 Å². The standard InChI is InChI=1S/C22H24O3/c1-2-25-22(24)16-14-19(17-18-9-5-3-6-10-18)13-15-21(23)20-11-7-4-8-12-20/h3-12,17H,2,13-16H2,1H3/b19-17-. The first-order chi connectivity index (χ1) is 12.2. The van der Waals surface area contributed by atoms with Crippen LogP contribution >= 0.6 is 0 Å². The number of ketones is 1. The molecule has 0 spiro atoms. The van der Waals surface area contributed by atoms with Crippen molar-refractivity contribution in [2.75, 3.05) is 6.61 Å². The number of hydrogen-bond donors (Lipinski definition) is 0. The predicted octanol–water partition coefficient (Wildman–Crippen LogP) is 5.08. The average Bonchev–Trinajstić information content (AvgIpc) is 2.65. The summed E-state index contributed by atoms with van der Waals surface area (Å²) < 4.78 is 5.00. The van der Waals surface area contributed by atoms with Crippen molar-refractivity contribution in [2.45, 2.75) is 32.6 Å². The molecule has 130 valence electrons. The number of benzene rings is 2. The Balaban J connectivity index is 2.02. The van der Waals surface area contributed by atoms with E-state index >= 15 is 0 Å². The molecule has 3 nitrogen and oxygen atoms in total. The van der Waals surface area contributed by atoms with Gasteiger partial charge in [-0.25, -0.2) is 0 Å². The van der Waals surface area contributed by atoms with Gasteiger partial charge in [-0.15, -0.1) is 0 Å². The van der Waals surface area contributed by atoms with Crippen LogP contribution in [0.15, 0.2) is 66.2 Å². The van der Waals surface area contributed by atoms with Gasteiger partial charge in [0.25, 0.3) is 0 Å². The Morgan fingerprint density at radius 1 is 0.840 bits per heavy atom. The third kappa shape index (κ3) is 6.76. The maximum Gasteiger partial charge on any atom is 0.306 e. The van der Waals surface area contributed by atoms with Crippen LogP contribution < -0.4 is 0 Å². The fraction of sp³-hybridized carbons (Fsp3) is 0.273. The van der Waals surface area contributed by atoms with Crippen LogP contribution in [-0.4, -0.2) is 18.4 Å². The molecule has 2 aromatic rings. The highest BCUT2D eigenvalue weighted by Crippen LogP contribution is 2.19. The summed E-state index contributed by atoms with van der Waals surface area (Å²) in [4.78, 5) is 24.0. The predicted molar refractivity (Wildman–Crippen MR) is 100 cm³/mol. The summed E-state index contributed by atoms with van der Waals surface area (Å²) in [6.45, 7) is 2.19. The SMILES string of the molecule is CCOC(=O)CC/C(=C\c1ccccc1)CCC(=O)c1ccccc1. The van der Waals surface area contributed by atoms with Crippen molar-refractivity contribution in [1.82, 2.24) is 0 Å². The zero-order valence-corrected chi connectivity index (χ0v) is 14.6. The van der Waals surface area contributed by atoms with E-state index in [1.54, 1.807) is 6.92 Å². The Kier molecular flexibility index (Phi) is 7.64. The maximum absolute atomic E-state index is 12.3. The molecule has 0 saturated heterocycles. The summed E-state index contributed by atoms with van der Waals surface area (Å²) in [6.07, 6.45) is 4.09. The van der Waals surface area contributed by atoms with Gasteiger partial charge in [-0.2, -0.15) is 0 Å². The number of esters is 1. The lowest BCUT2D eigenvalue weighted by Gasteiger charge is -2.08. The van der Waals surface area contributed by atoms with Crippen LogP contribution in [0.5, 0.6) is 0 Å². The minimum absolute atomic E-state index is 0.121. The first-order valence-corrected chi connectivity index (χ1v) is 8.67. The van der Waals surface area contributed by atoms with Gasteiger partial charge in [0.2, 0.25) is 0 Å². The van der Waals surface area contributed by atoms with Crippen molar-refractivity contribution in [3.8, 4) is 0 Å². The Morgan fingerprint density at radius 2 is 1.44 bits per heavy atom. The van der Waals surface area contributed by atoms with E-state index in [9.17, 15) is 9.59 Å². The second-order valence-corrected chi connectivity index (χ2v) is 5.81. The lowest BCUT2D eigenvalue weighted by Crippen LogP contribution is -2.05. The van der Waals surface area contributed by atoms with Crippen LogP contribution in [0.3, 0.4) is 0 Å². The van der Waals surface area contributed by atoms with Crippen molar-refractivity contribution in [3.05, 3.63) is 77.4 Å². The highest BCUT2D eigenvalue weighted by molar-refractivity contribution is 5.96. The monoisotopic (exact) mass is 336 g/mol. The van der Waals surface area contributed by atoms with Gasteiger partial charge in [-0.1, -0.05) is 72.3 Å². The van der Waals surface area contributed by atoms with Gasteiger partial charge in [0, 0.05) is 18.4 Å². The number of rotatable bonds is 9. The highest BCUT2D eigenvalue weighted by atomic mass is 16.5. The summed E-state index contributed by atoms with van der Waals surface area (Å²) in [5.74, 6) is -0.0773. The normalized spacial score (nSPS) is 11.2. The third-order valence-corrected chi connectivity index (χ3v) is 3.89. The molecule has 0 aliphatic rings. The quantitative estimate of drug-likeness (QED) is 0.474. The molecule has 0 aliphatic heterocycles. The van der Waals surface area contributed by atoms with E-state index in [0.29, 0.717) is 32.3 Å². The van der Waals surface area contributed by atoms with Gasteiger partial charge in [0.1, 0.15) is 0 Å². The summed E-state index contributed by atoms with van der Waals surface area (Å²) >= 11 is 0. The van der Waals surface area contributed by atoms with Crippen molar-refractivity contribution < 1.29 is 14.3 Å². The molecular formula is C22H24O3. The molecule has 0 aromatic heterocycles. The van der Waals surface area contributed by atoms with Gasteiger partial charge >= 0.3 is 5.97 Å². The molecule has 2 aromatic carbocycles. The summed E-state index contributed by atoms with van der Waals surface area (Å²) in [7, 11) is 0. The van der Waals surface area contributed by atoms with Gasteiger partial charge in [-0.3, -0.25) is 9.59 Å². The molecule has 0 N–H and O–H groups in total. The van der Waals surface area contributed by atoms with E-state index in [-0.39, 0.29) is 11.8 Å². The lowest BCUT2D eigenvalue weighted by atomic mass is 9.98. The lowest BCUT2D eigenvalue weighted by molar-refractivity contribution is -0.143. The molecule has 0 saturated carbocycles. The number of ether oxygens (including phenoxy) is 1. The number of hydrogen-bond acceptors (Lipinski definition) is 3. The van der Waals surface area contributed by atoms with E-state index in [0.717, 1.165) is 16.7 Å². The van der Waals surface area contributed by atoms with E-state index in [1.165, 1.54) is 0 Å². The van der Waals surface area contributed by atoms with Crippen molar-refractivity contribution in [2.24, 2.45) is 0 Å². The Morgan fingerprint density at radius 3 is 2.08 bits per heavy atom. The molecule has 0 radical (unpaired) electrons. The number of carbonyl (C=O) groups excluding carboxylic acids is 2. The first-order valence-electron chi connectivity index (χ1n) is 8.67. The fourth-order valence-corrected chi connectivity index (χ4v) is 2.59. The molecule has 2 rings (SSSR count). The fourth-order valence-electron chi connectivity index (χ4n) is 2.59. The molecule has 3 heteroatoms. The second-order valence-electron chi connectivity index (χ2n) is 5.81. The minimum atomic E-state index is -0.198. The van der Waals surface area contributed by atoms with Crippen molar-refractivity contribution >= 4 is 17.8 Å². The molecule has 0 aliphatic carbocycles. The number of carbonyl (C=O) groups is 2. The smallest absolute Gasteiger partial charge is 0.306 e. The molecule has 0 heterocycles. The average molecular weight is 336 g/mol. The van der Waals surface area contributed by atoms with Crippen LogP contribution in [0.4, 0.5) is 0 Å². The topological polar surface area (TPSA) is 43.4 Å². The Hall–Kier alpha value is -2.68. The van der Waals surface area contributed by atoms with Crippen molar-refractivity contribution in [3.63, 3.8) is 0 Å². The Labute approximate surface area is 149 Å². The molecule has 0 fully saturated rings. The van der Waals surface area contributed by atoms with Gasteiger partial charge < -0.3 is 4.74 Å². The highest BCUT2D eigenvalue weighted by Gasteiger charge is 2.09. The summed E-state index contributed by atoms with van der Waals surface area (Å²) in [5.41, 5.74) is 2.89. The maximum atomic E-state index is 12.3. The van der Waals surface area contributed by atoms with Gasteiger partial charge in [0.05, 0.1) is 6.61 Å². The van der Waals surface area contributed by atoms with Crippen LogP contribution in [-0.2, 0) is 9.53 Å². The number of allylic oxidation sites excluding steroid dienone is 1. The molecule has 0 amide bonds. The van der Waals surface area contributed by atoms with E-state index in [4.69, 9.17) is 4.74 Å². The summed E-state index contributed by atoms with van der Waals surface area (Å²) in [6, 6.07) is 19.3. The van der Waals surface area contributed by atoms with Gasteiger partial charge in [-0.05, 0) is 25.3 Å². The zero-order valence-electron chi connectivity index (χ0n) is 14.6. The third-order valence-electron chi connectivity index (χ3n) is 3.89. The Bertz CT molecular complexity index is 703. The molecule has 0 atom stereocenters. The molecule has 0 unspecified atom stereocenters. The summed E-state index contributed by atoms with van der Waals surface area (Å²) in [5, 5.41) is 0. The largest absolute Gasteiger partial charge is 0.466 e. The van der Waals surface area contributed by atoms with Gasteiger partial charge in [0.15, 0.2) is 5.78 Å². The zero-order chi connectivity index (χ0) is 17.9. The van der Waals surface area contributed by atoms with Crippen LogP contribution in [0.1, 0.15) is 48.5 Å². The molecule has 25 heavy (non-hydrogen) atoms. The van der Waals surface area contributed by atoms with E-state index in [1.807, 2.05) is 60.7 Å². The van der Waals surface area contributed by atoms with E-state index < -0.39 is 0 Å². The number of Topliss-reactive ketones (excluding diaryl/α,β-unsaturated/α-hetero) is 1. The second kappa shape index (κ2) is 10.2. The molecular weight excluding hydrogens is 312 g/mol. The minimum Gasteiger partial charge on any atom is -0.466 e. The molecule has 0 bridgehead atoms. The van der Waals surface area contributed by atoms with Crippen LogP contribution in [0.25, 0.3) is 6.08 Å². The van der Waals surface area contributed by atoms with Crippen LogP contribution in [0.2, 0.25) is 0 Å². The first kappa shape index (κ1) is 18.7.